The number of nitrogens with zero attached hydrogens (tertiary/aromatic N) is 3. The smallest absolute Gasteiger partial charge is 0.307 e. The molecule has 5 nitrogen and oxygen atoms in total. The Bertz CT molecular complexity index is 824. The Labute approximate surface area is 130 Å². The van der Waals surface area contributed by atoms with Crippen molar-refractivity contribution in [2.24, 2.45) is 4.99 Å². The molecule has 3 aromatic rings. The van der Waals surface area contributed by atoms with E-state index in [2.05, 4.69) is 9.37 Å². The van der Waals surface area contributed by atoms with Gasteiger partial charge in [-0.15, -0.1) is 12.4 Å². The summed E-state index contributed by atoms with van der Waals surface area (Å²) in [5.41, 5.74) is 2.40. The number of rotatable bonds is 3. The van der Waals surface area contributed by atoms with E-state index in [1.807, 2.05) is 40.9 Å². The summed E-state index contributed by atoms with van der Waals surface area (Å²) < 4.78 is 6.22. The topological polar surface area (TPSA) is 67.0 Å². The van der Waals surface area contributed by atoms with E-state index >= 15 is 0 Å². The molecule has 21 heavy (non-hydrogen) atoms. The summed E-state index contributed by atoms with van der Waals surface area (Å²) in [6.07, 6.45) is 1.94. The third kappa shape index (κ3) is 3.48. The SMILES string of the molecule is Cl.O=C(O)Cc1ccc(/N=c2\snc3ccccn23)cc1. The van der Waals surface area contributed by atoms with Crippen LogP contribution in [-0.4, -0.2) is 19.9 Å². The van der Waals surface area contributed by atoms with Gasteiger partial charge in [0, 0.05) is 17.7 Å². The molecule has 1 N–H and O–H groups in total. The van der Waals surface area contributed by atoms with Crippen LogP contribution in [0.2, 0.25) is 0 Å². The Hall–Kier alpha value is -2.18. The molecule has 2 aromatic heterocycles. The van der Waals surface area contributed by atoms with Gasteiger partial charge in [-0.3, -0.25) is 9.20 Å². The number of carboxylic acids is 1. The molecule has 0 amide bonds. The molecule has 0 saturated carbocycles. The third-order valence-electron chi connectivity index (χ3n) is 2.78. The fraction of sp³-hybridized carbons (Fsp3) is 0.0714. The van der Waals surface area contributed by atoms with Crippen LogP contribution in [-0.2, 0) is 11.2 Å². The van der Waals surface area contributed by atoms with Crippen LogP contribution in [0.25, 0.3) is 5.65 Å². The van der Waals surface area contributed by atoms with Crippen molar-refractivity contribution < 1.29 is 9.90 Å². The van der Waals surface area contributed by atoms with Crippen LogP contribution in [0.4, 0.5) is 5.69 Å². The summed E-state index contributed by atoms with van der Waals surface area (Å²) in [5.74, 6) is -0.835. The summed E-state index contributed by atoms with van der Waals surface area (Å²) in [4.78, 5) is 15.9. The summed E-state index contributed by atoms with van der Waals surface area (Å²) in [7, 11) is 0. The van der Waals surface area contributed by atoms with Crippen LogP contribution >= 0.6 is 23.9 Å². The highest BCUT2D eigenvalue weighted by atomic mass is 35.5. The quantitative estimate of drug-likeness (QED) is 0.806. The lowest BCUT2D eigenvalue weighted by atomic mass is 10.1. The molecule has 7 heteroatoms. The van der Waals surface area contributed by atoms with Gasteiger partial charge >= 0.3 is 5.97 Å². The molecule has 0 aliphatic rings. The van der Waals surface area contributed by atoms with Crippen molar-refractivity contribution in [3.63, 3.8) is 0 Å². The zero-order valence-corrected chi connectivity index (χ0v) is 12.5. The average molecular weight is 322 g/mol. The van der Waals surface area contributed by atoms with E-state index in [0.29, 0.717) is 0 Å². The lowest BCUT2D eigenvalue weighted by Gasteiger charge is -1.97. The van der Waals surface area contributed by atoms with Gasteiger partial charge in [-0.25, -0.2) is 4.99 Å². The normalized spacial score (nSPS) is 11.3. The zero-order valence-electron chi connectivity index (χ0n) is 10.8. The Balaban J connectivity index is 0.00000161. The van der Waals surface area contributed by atoms with E-state index in [4.69, 9.17) is 5.11 Å². The summed E-state index contributed by atoms with van der Waals surface area (Å²) in [5, 5.41) is 8.73. The monoisotopic (exact) mass is 321 g/mol. The van der Waals surface area contributed by atoms with Crippen LogP contribution in [0.5, 0.6) is 0 Å². The second-order valence-corrected chi connectivity index (χ2v) is 4.97. The first kappa shape index (κ1) is 15.2. The molecule has 0 fully saturated rings. The van der Waals surface area contributed by atoms with Crippen LogP contribution in [0.1, 0.15) is 5.56 Å². The third-order valence-corrected chi connectivity index (χ3v) is 3.51. The van der Waals surface area contributed by atoms with Gasteiger partial charge in [-0.1, -0.05) is 18.2 Å². The van der Waals surface area contributed by atoms with Gasteiger partial charge in [0.1, 0.15) is 0 Å². The van der Waals surface area contributed by atoms with Crippen molar-refractivity contribution in [3.05, 3.63) is 59.0 Å². The number of pyridine rings is 1. The highest BCUT2D eigenvalue weighted by Crippen LogP contribution is 2.13. The van der Waals surface area contributed by atoms with Gasteiger partial charge in [0.15, 0.2) is 5.65 Å². The molecule has 0 aliphatic heterocycles. The Kier molecular flexibility index (Phi) is 4.72. The average Bonchev–Trinajstić information content (AvgIpc) is 2.84. The van der Waals surface area contributed by atoms with Gasteiger partial charge in [0.25, 0.3) is 0 Å². The second-order valence-electron chi connectivity index (χ2n) is 4.24. The lowest BCUT2D eigenvalue weighted by molar-refractivity contribution is -0.136. The van der Waals surface area contributed by atoms with E-state index in [1.165, 1.54) is 11.5 Å². The Morgan fingerprint density at radius 1 is 1.24 bits per heavy atom. The number of aliphatic carboxylic acids is 1. The maximum Gasteiger partial charge on any atom is 0.307 e. The van der Waals surface area contributed by atoms with Gasteiger partial charge in [0.05, 0.1) is 12.1 Å². The molecular formula is C14H12ClN3O2S. The van der Waals surface area contributed by atoms with Crippen molar-refractivity contribution in [2.75, 3.05) is 0 Å². The first-order valence-corrected chi connectivity index (χ1v) is 6.78. The Morgan fingerprint density at radius 3 is 2.71 bits per heavy atom. The minimum absolute atomic E-state index is 0. The molecular weight excluding hydrogens is 310 g/mol. The van der Waals surface area contributed by atoms with Crippen molar-refractivity contribution in [3.8, 4) is 0 Å². The van der Waals surface area contributed by atoms with Crippen molar-refractivity contribution in [1.29, 1.82) is 0 Å². The van der Waals surface area contributed by atoms with Crippen LogP contribution in [0, 0.1) is 0 Å². The van der Waals surface area contributed by atoms with E-state index in [1.54, 1.807) is 12.1 Å². The number of halogens is 1. The van der Waals surface area contributed by atoms with E-state index in [9.17, 15) is 4.79 Å². The largest absolute Gasteiger partial charge is 0.481 e. The van der Waals surface area contributed by atoms with Crippen molar-refractivity contribution in [2.45, 2.75) is 6.42 Å². The maximum absolute atomic E-state index is 10.6. The molecule has 0 radical (unpaired) electrons. The standard InChI is InChI=1S/C14H11N3O2S.ClH/c18-13(19)9-10-4-6-11(7-5-10)15-14-17-8-2-1-3-12(17)16-20-14;/h1-8H,9H2,(H,18,19);1H/b15-14-;. The molecule has 0 atom stereocenters. The van der Waals surface area contributed by atoms with Crippen molar-refractivity contribution in [1.82, 2.24) is 8.77 Å². The fourth-order valence-electron chi connectivity index (χ4n) is 1.85. The lowest BCUT2D eigenvalue weighted by Crippen LogP contribution is -2.04. The summed E-state index contributed by atoms with van der Waals surface area (Å²) in [6, 6.07) is 13.0. The number of fused-ring (bicyclic) bond motifs is 1. The minimum atomic E-state index is -0.835. The number of aromatic nitrogens is 2. The first-order valence-electron chi connectivity index (χ1n) is 6.01. The van der Waals surface area contributed by atoms with E-state index < -0.39 is 5.97 Å². The van der Waals surface area contributed by atoms with Gasteiger partial charge < -0.3 is 5.11 Å². The highest BCUT2D eigenvalue weighted by molar-refractivity contribution is 7.03. The minimum Gasteiger partial charge on any atom is -0.481 e. The van der Waals surface area contributed by atoms with Gasteiger partial charge in [-0.05, 0) is 29.8 Å². The number of hydrogen-bond acceptors (Lipinski definition) is 4. The molecule has 0 spiro atoms. The molecule has 1 aromatic carbocycles. The van der Waals surface area contributed by atoms with Crippen LogP contribution in [0.15, 0.2) is 53.7 Å². The fourth-order valence-corrected chi connectivity index (χ4v) is 2.56. The highest BCUT2D eigenvalue weighted by Gasteiger charge is 2.01. The summed E-state index contributed by atoms with van der Waals surface area (Å²) >= 11 is 1.32. The molecule has 0 saturated heterocycles. The first-order chi connectivity index (χ1) is 9.72. The molecule has 3 rings (SSSR count). The molecule has 108 valence electrons. The number of benzene rings is 1. The van der Waals surface area contributed by atoms with Gasteiger partial charge in [-0.2, -0.15) is 4.37 Å². The van der Waals surface area contributed by atoms with E-state index in [-0.39, 0.29) is 18.8 Å². The number of carboxylic acid groups (broad SMARTS) is 1. The van der Waals surface area contributed by atoms with Crippen LogP contribution in [0.3, 0.4) is 0 Å². The molecule has 2 heterocycles. The Morgan fingerprint density at radius 2 is 2.00 bits per heavy atom. The van der Waals surface area contributed by atoms with Gasteiger partial charge in [0.2, 0.25) is 4.80 Å². The zero-order chi connectivity index (χ0) is 13.9. The number of carbonyl (C=O) groups is 1. The van der Waals surface area contributed by atoms with Crippen molar-refractivity contribution >= 4 is 41.2 Å². The summed E-state index contributed by atoms with van der Waals surface area (Å²) in [6.45, 7) is 0. The number of hydrogen-bond donors (Lipinski definition) is 1. The van der Waals surface area contributed by atoms with E-state index in [0.717, 1.165) is 21.7 Å². The molecule has 0 bridgehead atoms. The predicted molar refractivity (Wildman–Crippen MR) is 83.3 cm³/mol. The molecule has 0 unspecified atom stereocenters. The predicted octanol–water partition coefficient (Wildman–Crippen LogP) is 2.68. The second kappa shape index (κ2) is 6.51. The maximum atomic E-state index is 10.6. The van der Waals surface area contributed by atoms with Crippen LogP contribution < -0.4 is 4.80 Å². The molecule has 0 aliphatic carbocycles.